The summed E-state index contributed by atoms with van der Waals surface area (Å²) in [4.78, 5) is 0. The number of nitrogens with two attached hydrogens (primary N) is 1. The molecule has 0 aromatic rings. The molecule has 0 saturated carbocycles. The summed E-state index contributed by atoms with van der Waals surface area (Å²) in [5.74, 6) is 0. The number of nitriles is 1. The maximum absolute atomic E-state index is 8.43. The van der Waals surface area contributed by atoms with Crippen LogP contribution >= 0.6 is 0 Å². The lowest BCUT2D eigenvalue weighted by Crippen LogP contribution is -2.48. The first-order chi connectivity index (χ1) is 4.77. The van der Waals surface area contributed by atoms with E-state index in [2.05, 4.69) is 11.4 Å². The molecule has 0 aromatic heterocycles. The smallest absolute Gasteiger partial charge is 0.0641 e. The van der Waals surface area contributed by atoms with Crippen molar-refractivity contribution in [2.45, 2.75) is 24.8 Å². The zero-order valence-corrected chi connectivity index (χ0v) is 6.06. The van der Waals surface area contributed by atoms with Gasteiger partial charge in [0.15, 0.2) is 0 Å². The Hall–Kier alpha value is -0.590. The van der Waals surface area contributed by atoms with E-state index in [1.807, 2.05) is 0 Å². The van der Waals surface area contributed by atoms with Gasteiger partial charge in [0.1, 0.15) is 0 Å². The van der Waals surface area contributed by atoms with E-state index < -0.39 is 0 Å². The lowest BCUT2D eigenvalue weighted by Gasteiger charge is -2.31. The van der Waals surface area contributed by atoms with Crippen LogP contribution in [0, 0.1) is 11.3 Å². The van der Waals surface area contributed by atoms with E-state index in [1.54, 1.807) is 0 Å². The highest BCUT2D eigenvalue weighted by atomic mass is 14.9. The van der Waals surface area contributed by atoms with E-state index in [-0.39, 0.29) is 5.54 Å². The van der Waals surface area contributed by atoms with Crippen molar-refractivity contribution in [3.63, 3.8) is 0 Å². The van der Waals surface area contributed by atoms with Crippen LogP contribution in [0.3, 0.4) is 0 Å². The molecule has 0 spiro atoms. The second-order valence-corrected chi connectivity index (χ2v) is 2.95. The minimum Gasteiger partial charge on any atom is -0.324 e. The Kier molecular flexibility index (Phi) is 2.25. The van der Waals surface area contributed by atoms with Crippen LogP contribution in [-0.2, 0) is 0 Å². The maximum atomic E-state index is 8.43. The van der Waals surface area contributed by atoms with E-state index in [4.69, 9.17) is 11.0 Å². The second-order valence-electron chi connectivity index (χ2n) is 2.95. The fourth-order valence-electron chi connectivity index (χ4n) is 1.26. The average Bonchev–Trinajstić information content (AvgIpc) is 1.89. The standard InChI is InChI=1S/C7H13N3/c8-4-1-7(9)2-5-10-6-3-7/h10H,1-3,5-6,9H2. The van der Waals surface area contributed by atoms with Gasteiger partial charge in [-0.05, 0) is 25.9 Å². The number of hydrogen-bond acceptors (Lipinski definition) is 3. The number of hydrogen-bond donors (Lipinski definition) is 2. The van der Waals surface area contributed by atoms with E-state index in [0.717, 1.165) is 25.9 Å². The van der Waals surface area contributed by atoms with Crippen LogP contribution in [0.4, 0.5) is 0 Å². The van der Waals surface area contributed by atoms with Crippen molar-refractivity contribution in [1.29, 1.82) is 5.26 Å². The van der Waals surface area contributed by atoms with Gasteiger partial charge < -0.3 is 11.1 Å². The summed E-state index contributed by atoms with van der Waals surface area (Å²) >= 11 is 0. The van der Waals surface area contributed by atoms with Gasteiger partial charge in [-0.1, -0.05) is 0 Å². The summed E-state index contributed by atoms with van der Waals surface area (Å²) in [6.07, 6.45) is 2.36. The van der Waals surface area contributed by atoms with E-state index >= 15 is 0 Å². The van der Waals surface area contributed by atoms with Crippen LogP contribution in [0.5, 0.6) is 0 Å². The lowest BCUT2D eigenvalue weighted by atomic mass is 9.87. The number of rotatable bonds is 1. The fourth-order valence-corrected chi connectivity index (χ4v) is 1.26. The topological polar surface area (TPSA) is 61.8 Å². The SMILES string of the molecule is N#CCC1(N)CCNCC1. The number of nitrogens with one attached hydrogen (secondary N) is 1. The number of piperidine rings is 1. The van der Waals surface area contributed by atoms with Crippen molar-refractivity contribution in [1.82, 2.24) is 5.32 Å². The number of nitrogens with zero attached hydrogens (tertiary/aromatic N) is 1. The summed E-state index contributed by atoms with van der Waals surface area (Å²) in [6.45, 7) is 1.91. The van der Waals surface area contributed by atoms with Gasteiger partial charge in [-0.2, -0.15) is 5.26 Å². The van der Waals surface area contributed by atoms with Crippen molar-refractivity contribution in [3.8, 4) is 6.07 Å². The van der Waals surface area contributed by atoms with Crippen LogP contribution in [0.2, 0.25) is 0 Å². The summed E-state index contributed by atoms with van der Waals surface area (Å²) in [6, 6.07) is 2.13. The molecular formula is C7H13N3. The third-order valence-electron chi connectivity index (χ3n) is 2.03. The van der Waals surface area contributed by atoms with Crippen molar-refractivity contribution >= 4 is 0 Å². The molecule has 0 aliphatic carbocycles. The normalized spacial score (nSPS) is 23.6. The molecule has 56 valence electrons. The third-order valence-corrected chi connectivity index (χ3v) is 2.03. The Morgan fingerprint density at radius 1 is 1.50 bits per heavy atom. The van der Waals surface area contributed by atoms with Gasteiger partial charge in [0.05, 0.1) is 12.5 Å². The van der Waals surface area contributed by atoms with Gasteiger partial charge in [0.25, 0.3) is 0 Å². The van der Waals surface area contributed by atoms with Gasteiger partial charge in [-0.3, -0.25) is 0 Å². The highest BCUT2D eigenvalue weighted by Crippen LogP contribution is 2.17. The Morgan fingerprint density at radius 2 is 2.10 bits per heavy atom. The van der Waals surface area contributed by atoms with Crippen LogP contribution in [-0.4, -0.2) is 18.6 Å². The predicted octanol–water partition coefficient (Wildman–Crippen LogP) is -0.0190. The zero-order chi connectivity index (χ0) is 7.45. The molecule has 0 aromatic carbocycles. The molecule has 10 heavy (non-hydrogen) atoms. The lowest BCUT2D eigenvalue weighted by molar-refractivity contribution is 0.316. The van der Waals surface area contributed by atoms with Crippen molar-refractivity contribution in [3.05, 3.63) is 0 Å². The van der Waals surface area contributed by atoms with Crippen molar-refractivity contribution in [2.24, 2.45) is 5.73 Å². The molecular weight excluding hydrogens is 126 g/mol. The van der Waals surface area contributed by atoms with E-state index in [9.17, 15) is 0 Å². The van der Waals surface area contributed by atoms with Crippen LogP contribution in [0.1, 0.15) is 19.3 Å². The van der Waals surface area contributed by atoms with E-state index in [0.29, 0.717) is 6.42 Å². The Balaban J connectivity index is 2.42. The first-order valence-electron chi connectivity index (χ1n) is 3.63. The van der Waals surface area contributed by atoms with Crippen molar-refractivity contribution < 1.29 is 0 Å². The first-order valence-corrected chi connectivity index (χ1v) is 3.63. The molecule has 3 N–H and O–H groups in total. The van der Waals surface area contributed by atoms with Gasteiger partial charge in [-0.15, -0.1) is 0 Å². The first kappa shape index (κ1) is 7.52. The maximum Gasteiger partial charge on any atom is 0.0641 e. The average molecular weight is 139 g/mol. The Labute approximate surface area is 61.2 Å². The highest BCUT2D eigenvalue weighted by Gasteiger charge is 2.26. The summed E-state index contributed by atoms with van der Waals surface area (Å²) < 4.78 is 0. The molecule has 1 aliphatic heterocycles. The second kappa shape index (κ2) is 3.00. The molecule has 0 unspecified atom stereocenters. The zero-order valence-electron chi connectivity index (χ0n) is 6.06. The molecule has 1 heterocycles. The molecule has 0 amide bonds. The Morgan fingerprint density at radius 3 is 2.60 bits per heavy atom. The third kappa shape index (κ3) is 1.69. The molecule has 3 heteroatoms. The van der Waals surface area contributed by atoms with E-state index in [1.165, 1.54) is 0 Å². The summed E-state index contributed by atoms with van der Waals surface area (Å²) in [5.41, 5.74) is 5.71. The molecule has 3 nitrogen and oxygen atoms in total. The minimum atomic E-state index is -0.194. The summed E-state index contributed by atoms with van der Waals surface area (Å²) in [5, 5.41) is 11.6. The van der Waals surface area contributed by atoms with Crippen LogP contribution in [0.25, 0.3) is 0 Å². The molecule has 0 bridgehead atoms. The largest absolute Gasteiger partial charge is 0.324 e. The van der Waals surface area contributed by atoms with Crippen LogP contribution < -0.4 is 11.1 Å². The molecule has 0 radical (unpaired) electrons. The Bertz CT molecular complexity index is 141. The molecule has 1 aliphatic rings. The van der Waals surface area contributed by atoms with Crippen molar-refractivity contribution in [2.75, 3.05) is 13.1 Å². The summed E-state index contributed by atoms with van der Waals surface area (Å²) in [7, 11) is 0. The molecule has 1 saturated heterocycles. The van der Waals surface area contributed by atoms with Gasteiger partial charge >= 0.3 is 0 Å². The van der Waals surface area contributed by atoms with Gasteiger partial charge in [0, 0.05) is 5.54 Å². The minimum absolute atomic E-state index is 0.194. The van der Waals surface area contributed by atoms with Gasteiger partial charge in [-0.25, -0.2) is 0 Å². The van der Waals surface area contributed by atoms with Crippen LogP contribution in [0.15, 0.2) is 0 Å². The monoisotopic (exact) mass is 139 g/mol. The molecule has 1 fully saturated rings. The van der Waals surface area contributed by atoms with Gasteiger partial charge in [0.2, 0.25) is 0 Å². The molecule has 1 rings (SSSR count). The predicted molar refractivity (Wildman–Crippen MR) is 39.3 cm³/mol. The quantitative estimate of drug-likeness (QED) is 0.536. The highest BCUT2D eigenvalue weighted by molar-refractivity contribution is 4.95. The molecule has 0 atom stereocenters. The fraction of sp³-hybridized carbons (Fsp3) is 0.857.